The van der Waals surface area contributed by atoms with Gasteiger partial charge in [0.15, 0.2) is 13.2 Å². The Morgan fingerprint density at radius 3 is 2.00 bits per heavy atom. The van der Waals surface area contributed by atoms with Gasteiger partial charge in [-0.2, -0.15) is 26.3 Å². The van der Waals surface area contributed by atoms with E-state index in [4.69, 9.17) is 0 Å². The van der Waals surface area contributed by atoms with E-state index >= 15 is 0 Å². The molecule has 0 radical (unpaired) electrons. The number of ketones is 1. The molecule has 0 atom stereocenters. The normalized spacial score (nSPS) is 11.8. The summed E-state index contributed by atoms with van der Waals surface area (Å²) in [4.78, 5) is 23.0. The van der Waals surface area contributed by atoms with Crippen LogP contribution in [-0.2, 0) is 9.53 Å². The van der Waals surface area contributed by atoms with Gasteiger partial charge in [0.1, 0.15) is 11.5 Å². The number of hydrogen-bond donors (Lipinski definition) is 0. The van der Waals surface area contributed by atoms with Crippen molar-refractivity contribution >= 4 is 11.8 Å². The maximum Gasteiger partial charge on any atom is 0.422 e. The standard InChI is InChI=1S/C13H10F6O5/c1-22-11(21)10(20)8-4-7(23-5-12(14,15)16)2-3-9(8)24-6-13(17,18)19/h2-4H,5-6H2,1H3. The lowest BCUT2D eigenvalue weighted by Crippen LogP contribution is -2.22. The monoisotopic (exact) mass is 360 g/mol. The van der Waals surface area contributed by atoms with Crippen LogP contribution >= 0.6 is 0 Å². The highest BCUT2D eigenvalue weighted by Gasteiger charge is 2.31. The molecule has 0 fully saturated rings. The summed E-state index contributed by atoms with van der Waals surface area (Å²) < 4.78 is 85.7. The van der Waals surface area contributed by atoms with Gasteiger partial charge in [0.2, 0.25) is 0 Å². The molecular weight excluding hydrogens is 350 g/mol. The molecule has 11 heteroatoms. The Bertz CT molecular complexity index is 608. The molecule has 1 aromatic carbocycles. The fourth-order valence-electron chi connectivity index (χ4n) is 1.43. The van der Waals surface area contributed by atoms with Crippen LogP contribution in [0.2, 0.25) is 0 Å². The second-order valence-electron chi connectivity index (χ2n) is 4.29. The van der Waals surface area contributed by atoms with E-state index in [1.807, 2.05) is 0 Å². The lowest BCUT2D eigenvalue weighted by molar-refractivity contribution is -0.154. The van der Waals surface area contributed by atoms with Gasteiger partial charge in [0, 0.05) is 0 Å². The molecule has 1 rings (SSSR count). The molecule has 0 amide bonds. The van der Waals surface area contributed by atoms with E-state index in [9.17, 15) is 35.9 Å². The smallest absolute Gasteiger partial charge is 0.422 e. The van der Waals surface area contributed by atoms with Crippen LogP contribution in [0.5, 0.6) is 11.5 Å². The van der Waals surface area contributed by atoms with Gasteiger partial charge in [0.25, 0.3) is 5.78 Å². The second kappa shape index (κ2) is 7.41. The molecule has 0 unspecified atom stereocenters. The van der Waals surface area contributed by atoms with Crippen LogP contribution in [0.3, 0.4) is 0 Å². The predicted octanol–water partition coefficient (Wildman–Crippen LogP) is 2.92. The summed E-state index contributed by atoms with van der Waals surface area (Å²) in [5.41, 5.74) is -0.717. The molecule has 5 nitrogen and oxygen atoms in total. The second-order valence-corrected chi connectivity index (χ2v) is 4.29. The number of carbonyl (C=O) groups is 2. The molecule has 1 aromatic rings. The lowest BCUT2D eigenvalue weighted by atomic mass is 10.1. The number of esters is 1. The summed E-state index contributed by atoms with van der Waals surface area (Å²) in [7, 11) is 0.848. The Labute approximate surface area is 131 Å². The SMILES string of the molecule is COC(=O)C(=O)c1cc(OCC(F)(F)F)ccc1OCC(F)(F)F. The first kappa shape index (κ1) is 19.6. The minimum absolute atomic E-state index is 0.487. The van der Waals surface area contributed by atoms with Crippen molar-refractivity contribution in [2.45, 2.75) is 12.4 Å². The van der Waals surface area contributed by atoms with Crippen LogP contribution in [0.25, 0.3) is 0 Å². The van der Waals surface area contributed by atoms with Crippen molar-refractivity contribution in [3.63, 3.8) is 0 Å². The summed E-state index contributed by atoms with van der Waals surface area (Å²) in [6.07, 6.45) is -9.39. The molecule has 0 aromatic heterocycles. The quantitative estimate of drug-likeness (QED) is 0.338. The van der Waals surface area contributed by atoms with E-state index < -0.39 is 54.4 Å². The molecule has 0 aliphatic rings. The molecule has 0 aliphatic carbocycles. The zero-order valence-electron chi connectivity index (χ0n) is 12.0. The van der Waals surface area contributed by atoms with Crippen molar-refractivity contribution in [2.24, 2.45) is 0 Å². The number of carbonyl (C=O) groups excluding carboxylic acids is 2. The van der Waals surface area contributed by atoms with Crippen molar-refractivity contribution in [3.8, 4) is 11.5 Å². The van der Waals surface area contributed by atoms with E-state index in [0.717, 1.165) is 19.2 Å². The zero-order valence-corrected chi connectivity index (χ0v) is 12.0. The Balaban J connectivity index is 3.09. The van der Waals surface area contributed by atoms with Gasteiger partial charge in [-0.05, 0) is 18.2 Å². The van der Waals surface area contributed by atoms with E-state index in [-0.39, 0.29) is 0 Å². The van der Waals surface area contributed by atoms with E-state index in [2.05, 4.69) is 14.2 Å². The highest BCUT2D eigenvalue weighted by atomic mass is 19.4. The van der Waals surface area contributed by atoms with Crippen molar-refractivity contribution in [1.82, 2.24) is 0 Å². The Hall–Kier alpha value is -2.46. The first-order chi connectivity index (χ1) is 10.9. The van der Waals surface area contributed by atoms with Gasteiger partial charge in [-0.1, -0.05) is 0 Å². The van der Waals surface area contributed by atoms with Crippen LogP contribution in [0, 0.1) is 0 Å². The molecule has 0 spiro atoms. The van der Waals surface area contributed by atoms with Gasteiger partial charge in [-0.25, -0.2) is 4.79 Å². The van der Waals surface area contributed by atoms with E-state index in [1.54, 1.807) is 0 Å². The molecule has 0 bridgehead atoms. The maximum absolute atomic E-state index is 12.2. The molecule has 0 saturated carbocycles. The molecule has 0 saturated heterocycles. The van der Waals surface area contributed by atoms with Gasteiger partial charge in [0.05, 0.1) is 12.7 Å². The number of halogens is 6. The predicted molar refractivity (Wildman–Crippen MR) is 65.9 cm³/mol. The fourth-order valence-corrected chi connectivity index (χ4v) is 1.43. The lowest BCUT2D eigenvalue weighted by Gasteiger charge is -2.14. The summed E-state index contributed by atoms with van der Waals surface area (Å²) in [6, 6.07) is 2.32. The highest BCUT2D eigenvalue weighted by Crippen LogP contribution is 2.28. The molecule has 134 valence electrons. The minimum atomic E-state index is -4.73. The average molecular weight is 360 g/mol. The van der Waals surface area contributed by atoms with Crippen LogP contribution in [0.1, 0.15) is 10.4 Å². The molecule has 0 heterocycles. The first-order valence-electron chi connectivity index (χ1n) is 6.09. The molecule has 24 heavy (non-hydrogen) atoms. The maximum atomic E-state index is 12.2. The summed E-state index contributed by atoms with van der Waals surface area (Å²) in [5, 5.41) is 0. The van der Waals surface area contributed by atoms with Crippen molar-refractivity contribution in [3.05, 3.63) is 23.8 Å². The van der Waals surface area contributed by atoms with Crippen LogP contribution in [-0.4, -0.2) is 44.4 Å². The third-order valence-corrected chi connectivity index (χ3v) is 2.36. The topological polar surface area (TPSA) is 61.8 Å². The van der Waals surface area contributed by atoms with E-state index in [0.29, 0.717) is 6.07 Å². The van der Waals surface area contributed by atoms with Crippen LogP contribution < -0.4 is 9.47 Å². The van der Waals surface area contributed by atoms with Gasteiger partial charge < -0.3 is 14.2 Å². The Kier molecular flexibility index (Phi) is 6.04. The first-order valence-corrected chi connectivity index (χ1v) is 6.09. The average Bonchev–Trinajstić information content (AvgIpc) is 2.48. The Morgan fingerprint density at radius 1 is 0.958 bits per heavy atom. The third-order valence-electron chi connectivity index (χ3n) is 2.36. The van der Waals surface area contributed by atoms with Gasteiger partial charge in [-0.3, -0.25) is 4.79 Å². The number of benzene rings is 1. The minimum Gasteiger partial charge on any atom is -0.484 e. The molecule has 0 N–H and O–H groups in total. The zero-order chi connectivity index (χ0) is 18.5. The largest absolute Gasteiger partial charge is 0.484 e. The van der Waals surface area contributed by atoms with E-state index in [1.165, 1.54) is 0 Å². The molecule has 0 aliphatic heterocycles. The Morgan fingerprint density at radius 2 is 1.50 bits per heavy atom. The number of alkyl halides is 6. The number of hydrogen-bond acceptors (Lipinski definition) is 5. The van der Waals surface area contributed by atoms with Crippen molar-refractivity contribution in [2.75, 3.05) is 20.3 Å². The molecular formula is C13H10F6O5. The van der Waals surface area contributed by atoms with Crippen molar-refractivity contribution in [1.29, 1.82) is 0 Å². The number of rotatable bonds is 6. The van der Waals surface area contributed by atoms with Crippen molar-refractivity contribution < 1.29 is 50.1 Å². The van der Waals surface area contributed by atoms with Gasteiger partial charge in [-0.15, -0.1) is 0 Å². The number of methoxy groups -OCH3 is 1. The number of ether oxygens (including phenoxy) is 3. The summed E-state index contributed by atoms with van der Waals surface area (Å²) >= 11 is 0. The number of Topliss-reactive ketones (excluding diaryl/α,β-unsaturated/α-hetero) is 1. The fraction of sp³-hybridized carbons (Fsp3) is 0.385. The third kappa shape index (κ3) is 6.34. The van der Waals surface area contributed by atoms with Crippen LogP contribution in [0.15, 0.2) is 18.2 Å². The summed E-state index contributed by atoms with van der Waals surface area (Å²) in [5.74, 6) is -3.96. The summed E-state index contributed by atoms with van der Waals surface area (Å²) in [6.45, 7) is -3.46. The van der Waals surface area contributed by atoms with Crippen LogP contribution in [0.4, 0.5) is 26.3 Å². The highest BCUT2D eigenvalue weighted by molar-refractivity contribution is 6.41. The van der Waals surface area contributed by atoms with Gasteiger partial charge >= 0.3 is 18.3 Å².